The summed E-state index contributed by atoms with van der Waals surface area (Å²) < 4.78 is 1.85. The second-order valence-electron chi connectivity index (χ2n) is 5.54. The van der Waals surface area contributed by atoms with Crippen LogP contribution in [0.2, 0.25) is 0 Å². The standard InChI is InChI=1S/C16H18N4O2/c21-16(19-8-4-5-9-19)10-14(13-6-2-1-3-7-13)20-11-15(18-22)17-12-20/h1-3,6-7,11-12,14H,4-5,8-10H2/p+1. The number of nitrogens with one attached hydrogen (secondary N) is 1. The second kappa shape index (κ2) is 6.51. The van der Waals surface area contributed by atoms with Crippen LogP contribution in [0.4, 0.5) is 5.82 Å². The maximum absolute atomic E-state index is 12.5. The molecule has 1 aromatic carbocycles. The number of aromatic nitrogens is 2. The summed E-state index contributed by atoms with van der Waals surface area (Å²) in [6.07, 6.45) is 5.87. The molecular formula is C16H19N4O2+. The predicted octanol–water partition coefficient (Wildman–Crippen LogP) is 2.30. The van der Waals surface area contributed by atoms with Crippen molar-refractivity contribution in [2.24, 2.45) is 5.18 Å². The van der Waals surface area contributed by atoms with Gasteiger partial charge in [0.25, 0.3) is 5.82 Å². The van der Waals surface area contributed by atoms with E-state index in [9.17, 15) is 9.70 Å². The third-order valence-electron chi connectivity index (χ3n) is 4.10. The first-order valence-electron chi connectivity index (χ1n) is 7.53. The quantitative estimate of drug-likeness (QED) is 0.680. The Kier molecular flexibility index (Phi) is 4.27. The Morgan fingerprint density at radius 2 is 2.00 bits per heavy atom. The number of rotatable bonds is 5. The normalized spacial score (nSPS) is 15.7. The SMILES string of the molecule is O=Nc1c[n+](C(CC(=O)N2CCCC2)c2ccccc2)c[nH]1. The van der Waals surface area contributed by atoms with E-state index < -0.39 is 0 Å². The van der Waals surface area contributed by atoms with Crippen LogP contribution in [0, 0.1) is 4.91 Å². The van der Waals surface area contributed by atoms with E-state index in [1.54, 1.807) is 12.5 Å². The zero-order chi connectivity index (χ0) is 15.4. The van der Waals surface area contributed by atoms with Gasteiger partial charge in [-0.25, -0.2) is 9.55 Å². The molecule has 2 aromatic rings. The lowest BCUT2D eigenvalue weighted by Crippen LogP contribution is -2.41. The lowest BCUT2D eigenvalue weighted by Gasteiger charge is -2.19. The minimum absolute atomic E-state index is 0.138. The molecule has 22 heavy (non-hydrogen) atoms. The number of nitrogens with zero attached hydrogens (tertiary/aromatic N) is 3. The zero-order valence-corrected chi connectivity index (χ0v) is 12.3. The van der Waals surface area contributed by atoms with Gasteiger partial charge >= 0.3 is 0 Å². The van der Waals surface area contributed by atoms with Gasteiger partial charge in [-0.05, 0) is 18.4 Å². The highest BCUT2D eigenvalue weighted by Gasteiger charge is 2.27. The van der Waals surface area contributed by atoms with Gasteiger partial charge in [-0.15, -0.1) is 4.91 Å². The fraction of sp³-hybridized carbons (Fsp3) is 0.375. The van der Waals surface area contributed by atoms with Crippen molar-refractivity contribution in [3.63, 3.8) is 0 Å². The van der Waals surface area contributed by atoms with Gasteiger partial charge in [-0.1, -0.05) is 30.3 Å². The van der Waals surface area contributed by atoms with Crippen LogP contribution >= 0.6 is 0 Å². The van der Waals surface area contributed by atoms with Crippen LogP contribution in [0.3, 0.4) is 0 Å². The average molecular weight is 299 g/mol. The van der Waals surface area contributed by atoms with Crippen molar-refractivity contribution in [1.29, 1.82) is 0 Å². The highest BCUT2D eigenvalue weighted by Crippen LogP contribution is 2.20. The first-order chi connectivity index (χ1) is 10.8. The number of imidazole rings is 1. The van der Waals surface area contributed by atoms with Crippen LogP contribution in [-0.4, -0.2) is 28.9 Å². The van der Waals surface area contributed by atoms with Crippen LogP contribution in [-0.2, 0) is 4.79 Å². The number of likely N-dealkylation sites (tertiary alicyclic amines) is 1. The number of hydrogen-bond donors (Lipinski definition) is 1. The third-order valence-corrected chi connectivity index (χ3v) is 4.10. The molecule has 1 atom stereocenters. The molecule has 1 amide bonds. The Balaban J connectivity index is 1.85. The predicted molar refractivity (Wildman–Crippen MR) is 81.5 cm³/mol. The van der Waals surface area contributed by atoms with E-state index in [1.807, 2.05) is 39.8 Å². The minimum atomic E-state index is -0.138. The second-order valence-corrected chi connectivity index (χ2v) is 5.54. The molecule has 0 bridgehead atoms. The van der Waals surface area contributed by atoms with Crippen LogP contribution in [0.25, 0.3) is 0 Å². The van der Waals surface area contributed by atoms with Gasteiger partial charge in [0.2, 0.25) is 12.2 Å². The summed E-state index contributed by atoms with van der Waals surface area (Å²) in [4.78, 5) is 27.9. The molecule has 1 N–H and O–H groups in total. The lowest BCUT2D eigenvalue weighted by atomic mass is 10.0. The van der Waals surface area contributed by atoms with Gasteiger partial charge < -0.3 is 4.90 Å². The summed E-state index contributed by atoms with van der Waals surface area (Å²) >= 11 is 0. The van der Waals surface area contributed by atoms with Crippen LogP contribution in [0.1, 0.15) is 30.9 Å². The monoisotopic (exact) mass is 299 g/mol. The van der Waals surface area contributed by atoms with Crippen LogP contribution < -0.4 is 4.57 Å². The average Bonchev–Trinajstić information content (AvgIpc) is 3.24. The Morgan fingerprint density at radius 1 is 1.27 bits per heavy atom. The smallest absolute Gasteiger partial charge is 0.298 e. The zero-order valence-electron chi connectivity index (χ0n) is 12.3. The van der Waals surface area contributed by atoms with Crippen molar-refractivity contribution in [2.45, 2.75) is 25.3 Å². The molecule has 1 saturated heterocycles. The first-order valence-corrected chi connectivity index (χ1v) is 7.53. The van der Waals surface area contributed by atoms with Crippen molar-refractivity contribution in [3.05, 3.63) is 53.3 Å². The lowest BCUT2D eigenvalue weighted by molar-refractivity contribution is -0.711. The molecule has 0 radical (unpaired) electrons. The summed E-state index contributed by atoms with van der Waals surface area (Å²) in [6.45, 7) is 1.69. The summed E-state index contributed by atoms with van der Waals surface area (Å²) in [5.74, 6) is 0.412. The van der Waals surface area contributed by atoms with Gasteiger partial charge in [0.1, 0.15) is 6.04 Å². The van der Waals surface area contributed by atoms with Gasteiger partial charge in [-0.3, -0.25) is 4.79 Å². The molecule has 1 aliphatic heterocycles. The van der Waals surface area contributed by atoms with E-state index in [2.05, 4.69) is 10.2 Å². The molecule has 1 unspecified atom stereocenters. The van der Waals surface area contributed by atoms with E-state index in [-0.39, 0.29) is 17.8 Å². The van der Waals surface area contributed by atoms with Crippen molar-refractivity contribution >= 4 is 11.7 Å². The number of H-pyrrole nitrogens is 1. The Hall–Kier alpha value is -2.50. The third kappa shape index (κ3) is 3.05. The Morgan fingerprint density at radius 3 is 2.64 bits per heavy atom. The number of hydrogen-bond acceptors (Lipinski definition) is 3. The van der Waals surface area contributed by atoms with E-state index in [1.165, 1.54) is 0 Å². The highest BCUT2D eigenvalue weighted by molar-refractivity contribution is 5.77. The number of benzene rings is 1. The first kappa shape index (κ1) is 14.4. The summed E-state index contributed by atoms with van der Waals surface area (Å²) in [5.41, 5.74) is 1.04. The van der Waals surface area contributed by atoms with E-state index in [0.29, 0.717) is 6.42 Å². The number of aromatic amines is 1. The van der Waals surface area contributed by atoms with E-state index in [4.69, 9.17) is 0 Å². The molecule has 0 spiro atoms. The molecule has 6 nitrogen and oxygen atoms in total. The molecule has 0 aliphatic carbocycles. The van der Waals surface area contributed by atoms with Crippen molar-refractivity contribution in [3.8, 4) is 0 Å². The van der Waals surface area contributed by atoms with E-state index >= 15 is 0 Å². The van der Waals surface area contributed by atoms with Crippen molar-refractivity contribution < 1.29 is 9.36 Å². The Labute approximate surface area is 128 Å². The van der Waals surface area contributed by atoms with Gasteiger partial charge in [-0.2, -0.15) is 0 Å². The van der Waals surface area contributed by atoms with Gasteiger partial charge in [0.05, 0.1) is 6.42 Å². The van der Waals surface area contributed by atoms with Crippen LogP contribution in [0.5, 0.6) is 0 Å². The van der Waals surface area contributed by atoms with E-state index in [0.717, 1.165) is 31.5 Å². The fourth-order valence-electron chi connectivity index (χ4n) is 2.92. The molecule has 0 saturated carbocycles. The van der Waals surface area contributed by atoms with Crippen molar-refractivity contribution in [2.75, 3.05) is 13.1 Å². The van der Waals surface area contributed by atoms with Crippen molar-refractivity contribution in [1.82, 2.24) is 9.88 Å². The maximum atomic E-state index is 12.5. The molecule has 1 fully saturated rings. The molecular weight excluding hydrogens is 280 g/mol. The van der Waals surface area contributed by atoms with Crippen LogP contribution in [0.15, 0.2) is 48.0 Å². The molecule has 3 rings (SSSR count). The topological polar surface area (TPSA) is 69.4 Å². The highest BCUT2D eigenvalue weighted by atomic mass is 16.3. The molecule has 1 aromatic heterocycles. The molecule has 114 valence electrons. The maximum Gasteiger partial charge on any atom is 0.298 e. The summed E-state index contributed by atoms with van der Waals surface area (Å²) in [7, 11) is 0. The number of amides is 1. The number of nitroso groups, excluding NO2 is 1. The summed E-state index contributed by atoms with van der Waals surface area (Å²) in [5, 5.41) is 2.90. The van der Waals surface area contributed by atoms with Gasteiger partial charge in [0, 0.05) is 18.3 Å². The fourth-order valence-corrected chi connectivity index (χ4v) is 2.92. The minimum Gasteiger partial charge on any atom is -0.343 e. The molecule has 6 heteroatoms. The van der Waals surface area contributed by atoms with Gasteiger partial charge in [0.15, 0.2) is 6.20 Å². The molecule has 2 heterocycles. The summed E-state index contributed by atoms with van der Waals surface area (Å²) in [6, 6.07) is 9.71. The Bertz CT molecular complexity index is 647. The number of carbonyl (C=O) groups excluding carboxylic acids is 1. The molecule has 1 aliphatic rings. The largest absolute Gasteiger partial charge is 0.343 e. The number of carbonyl (C=O) groups is 1.